The predicted octanol–water partition coefficient (Wildman–Crippen LogP) is 4.29. The van der Waals surface area contributed by atoms with Gasteiger partial charge in [0.15, 0.2) is 0 Å². The van der Waals surface area contributed by atoms with E-state index in [0.717, 1.165) is 30.0 Å². The Balaban J connectivity index is 1.41. The Hall–Kier alpha value is -3.86. The summed E-state index contributed by atoms with van der Waals surface area (Å²) in [6, 6.07) is 24.9. The zero-order chi connectivity index (χ0) is 25.3. The van der Waals surface area contributed by atoms with Gasteiger partial charge in [0, 0.05) is 32.7 Å². The molecule has 1 saturated heterocycles. The number of carbonyl (C=O) groups excluding carboxylic acids is 1. The van der Waals surface area contributed by atoms with Crippen LogP contribution in [0.1, 0.15) is 33.2 Å². The maximum absolute atomic E-state index is 13.1. The zero-order valence-corrected chi connectivity index (χ0v) is 20.7. The first-order chi connectivity index (χ1) is 17.6. The van der Waals surface area contributed by atoms with Crippen molar-refractivity contribution >= 4 is 5.91 Å². The van der Waals surface area contributed by atoms with Crippen molar-refractivity contribution in [1.29, 1.82) is 5.26 Å². The molecular formula is C29H31N3O4. The second kappa shape index (κ2) is 12.2. The molecule has 1 atom stereocenters. The standard InChI is InChI=1S/C29H31N3O4/c1-34-25-7-5-6-24(18-25)28(36-21-23-12-10-22(19-30)11-13-23)20-31-14-16-32(17-15-31)29(33)26-8-3-4-9-27(26)35-2/h3-13,18,28H,14-17,20-21H2,1-2H3. The van der Waals surface area contributed by atoms with Crippen molar-refractivity contribution in [3.63, 3.8) is 0 Å². The molecule has 1 unspecified atom stereocenters. The summed E-state index contributed by atoms with van der Waals surface area (Å²) in [6.45, 7) is 3.90. The smallest absolute Gasteiger partial charge is 0.257 e. The van der Waals surface area contributed by atoms with E-state index in [0.29, 0.717) is 43.1 Å². The van der Waals surface area contributed by atoms with Crippen molar-refractivity contribution in [2.45, 2.75) is 12.7 Å². The third kappa shape index (κ3) is 6.22. The van der Waals surface area contributed by atoms with Crippen molar-refractivity contribution in [3.8, 4) is 17.6 Å². The summed E-state index contributed by atoms with van der Waals surface area (Å²) in [5, 5.41) is 9.04. The zero-order valence-electron chi connectivity index (χ0n) is 20.7. The van der Waals surface area contributed by atoms with E-state index in [2.05, 4.69) is 11.0 Å². The highest BCUT2D eigenvalue weighted by molar-refractivity contribution is 5.97. The Morgan fingerprint density at radius 3 is 2.39 bits per heavy atom. The average Bonchev–Trinajstić information content (AvgIpc) is 2.95. The Morgan fingerprint density at radius 1 is 0.944 bits per heavy atom. The lowest BCUT2D eigenvalue weighted by Gasteiger charge is -2.36. The highest BCUT2D eigenvalue weighted by atomic mass is 16.5. The third-order valence-corrected chi connectivity index (χ3v) is 6.42. The first-order valence-corrected chi connectivity index (χ1v) is 12.0. The summed E-state index contributed by atoms with van der Waals surface area (Å²) in [5.74, 6) is 1.37. The molecule has 0 spiro atoms. The normalized spacial score (nSPS) is 14.6. The first kappa shape index (κ1) is 25.2. The molecule has 3 aromatic rings. The number of nitriles is 1. The summed E-state index contributed by atoms with van der Waals surface area (Å²) in [5.41, 5.74) is 3.27. The molecule has 0 radical (unpaired) electrons. The number of carbonyl (C=O) groups is 1. The monoisotopic (exact) mass is 485 g/mol. The summed E-state index contributed by atoms with van der Waals surface area (Å²) in [4.78, 5) is 17.3. The fourth-order valence-corrected chi connectivity index (χ4v) is 4.33. The number of rotatable bonds is 9. The number of methoxy groups -OCH3 is 2. The second-order valence-electron chi connectivity index (χ2n) is 8.68. The number of amides is 1. The van der Waals surface area contributed by atoms with Crippen LogP contribution in [-0.2, 0) is 11.3 Å². The Morgan fingerprint density at radius 2 is 1.69 bits per heavy atom. The predicted molar refractivity (Wildman–Crippen MR) is 137 cm³/mol. The van der Waals surface area contributed by atoms with Gasteiger partial charge in [0.25, 0.3) is 5.91 Å². The van der Waals surface area contributed by atoms with E-state index in [9.17, 15) is 4.79 Å². The number of benzene rings is 3. The molecule has 0 bridgehead atoms. The van der Waals surface area contributed by atoms with Gasteiger partial charge in [0.1, 0.15) is 11.5 Å². The van der Waals surface area contributed by atoms with Gasteiger partial charge in [-0.1, -0.05) is 36.4 Å². The first-order valence-electron chi connectivity index (χ1n) is 12.0. The molecule has 0 saturated carbocycles. The van der Waals surface area contributed by atoms with Gasteiger partial charge < -0.3 is 19.1 Å². The molecule has 186 valence electrons. The van der Waals surface area contributed by atoms with Gasteiger partial charge in [0.05, 0.1) is 44.1 Å². The lowest BCUT2D eigenvalue weighted by molar-refractivity contribution is 0.00331. The minimum atomic E-state index is -0.174. The summed E-state index contributed by atoms with van der Waals surface area (Å²) in [6.07, 6.45) is -0.174. The lowest BCUT2D eigenvalue weighted by atomic mass is 10.1. The average molecular weight is 486 g/mol. The quantitative estimate of drug-likeness (QED) is 0.450. The maximum atomic E-state index is 13.1. The molecule has 7 nitrogen and oxygen atoms in total. The Bertz CT molecular complexity index is 1200. The van der Waals surface area contributed by atoms with Gasteiger partial charge in [0.2, 0.25) is 0 Å². The van der Waals surface area contributed by atoms with Crippen LogP contribution in [0.3, 0.4) is 0 Å². The largest absolute Gasteiger partial charge is 0.497 e. The molecule has 7 heteroatoms. The molecule has 36 heavy (non-hydrogen) atoms. The van der Waals surface area contributed by atoms with Gasteiger partial charge in [-0.3, -0.25) is 9.69 Å². The molecule has 0 aromatic heterocycles. The lowest BCUT2D eigenvalue weighted by Crippen LogP contribution is -2.49. The molecule has 1 aliphatic rings. The minimum absolute atomic E-state index is 0.00601. The molecule has 0 aliphatic carbocycles. The van der Waals surface area contributed by atoms with Gasteiger partial charge >= 0.3 is 0 Å². The molecule has 1 heterocycles. The van der Waals surface area contributed by atoms with Gasteiger partial charge in [-0.05, 0) is 47.5 Å². The van der Waals surface area contributed by atoms with Crippen molar-refractivity contribution in [2.75, 3.05) is 46.9 Å². The number of hydrogen-bond acceptors (Lipinski definition) is 6. The maximum Gasteiger partial charge on any atom is 0.257 e. The molecule has 1 fully saturated rings. The minimum Gasteiger partial charge on any atom is -0.497 e. The van der Waals surface area contributed by atoms with Crippen molar-refractivity contribution in [3.05, 3.63) is 95.1 Å². The van der Waals surface area contributed by atoms with Crippen LogP contribution < -0.4 is 9.47 Å². The van der Waals surface area contributed by atoms with E-state index in [4.69, 9.17) is 19.5 Å². The van der Waals surface area contributed by atoms with E-state index in [1.54, 1.807) is 26.4 Å². The molecule has 3 aromatic carbocycles. The summed E-state index contributed by atoms with van der Waals surface area (Å²) < 4.78 is 17.2. The second-order valence-corrected chi connectivity index (χ2v) is 8.68. The summed E-state index contributed by atoms with van der Waals surface area (Å²) >= 11 is 0. The number of hydrogen-bond donors (Lipinski definition) is 0. The molecule has 1 amide bonds. The SMILES string of the molecule is COc1cccc(C(CN2CCN(C(=O)c3ccccc3OC)CC2)OCc2ccc(C#N)cc2)c1. The molecule has 0 N–H and O–H groups in total. The Kier molecular flexibility index (Phi) is 8.56. The number of para-hydroxylation sites is 1. The Labute approximate surface area is 212 Å². The highest BCUT2D eigenvalue weighted by Gasteiger charge is 2.26. The van der Waals surface area contributed by atoms with E-state index < -0.39 is 0 Å². The van der Waals surface area contributed by atoms with Crippen molar-refractivity contribution in [1.82, 2.24) is 9.80 Å². The van der Waals surface area contributed by atoms with Crippen molar-refractivity contribution in [2.24, 2.45) is 0 Å². The van der Waals surface area contributed by atoms with Crippen LogP contribution >= 0.6 is 0 Å². The fourth-order valence-electron chi connectivity index (χ4n) is 4.33. The van der Waals surface area contributed by atoms with Crippen LogP contribution in [0.15, 0.2) is 72.8 Å². The topological polar surface area (TPSA) is 75.0 Å². The van der Waals surface area contributed by atoms with Gasteiger partial charge in [-0.25, -0.2) is 0 Å². The van der Waals surface area contributed by atoms with Crippen LogP contribution in [0, 0.1) is 11.3 Å². The van der Waals surface area contributed by atoms with Crippen LogP contribution in [0.2, 0.25) is 0 Å². The van der Waals surface area contributed by atoms with Crippen LogP contribution in [0.25, 0.3) is 0 Å². The van der Waals surface area contributed by atoms with E-state index in [1.807, 2.05) is 65.6 Å². The number of ether oxygens (including phenoxy) is 3. The number of nitrogens with zero attached hydrogens (tertiary/aromatic N) is 3. The molecule has 1 aliphatic heterocycles. The van der Waals surface area contributed by atoms with Gasteiger partial charge in [-0.2, -0.15) is 5.26 Å². The van der Waals surface area contributed by atoms with E-state index >= 15 is 0 Å². The summed E-state index contributed by atoms with van der Waals surface area (Å²) in [7, 11) is 3.24. The van der Waals surface area contributed by atoms with E-state index in [1.165, 1.54) is 0 Å². The van der Waals surface area contributed by atoms with Crippen LogP contribution in [0.5, 0.6) is 11.5 Å². The number of piperazine rings is 1. The molecule has 4 rings (SSSR count). The molecular weight excluding hydrogens is 454 g/mol. The van der Waals surface area contributed by atoms with Crippen molar-refractivity contribution < 1.29 is 19.0 Å². The fraction of sp³-hybridized carbons (Fsp3) is 0.310. The van der Waals surface area contributed by atoms with Crippen LogP contribution in [0.4, 0.5) is 0 Å². The van der Waals surface area contributed by atoms with E-state index in [-0.39, 0.29) is 12.0 Å². The highest BCUT2D eigenvalue weighted by Crippen LogP contribution is 2.26. The van der Waals surface area contributed by atoms with Gasteiger partial charge in [-0.15, -0.1) is 0 Å². The third-order valence-electron chi connectivity index (χ3n) is 6.42. The van der Waals surface area contributed by atoms with Crippen LogP contribution in [-0.4, -0.2) is 62.7 Å².